The highest BCUT2D eigenvalue weighted by Crippen LogP contribution is 2.30. The van der Waals surface area contributed by atoms with Gasteiger partial charge >= 0.3 is 6.18 Å². The smallest absolute Gasteiger partial charge is 0.396 e. The molecule has 0 aliphatic rings. The van der Waals surface area contributed by atoms with Gasteiger partial charge in [-0.3, -0.25) is 4.79 Å². The molecule has 0 bridgehead atoms. The van der Waals surface area contributed by atoms with Crippen LogP contribution >= 0.6 is 0 Å². The van der Waals surface area contributed by atoms with E-state index < -0.39 is 34.6 Å². The summed E-state index contributed by atoms with van der Waals surface area (Å²) >= 11 is 0. The van der Waals surface area contributed by atoms with Gasteiger partial charge in [0.25, 0.3) is 5.91 Å². The average molecular weight is 307 g/mol. The highest BCUT2D eigenvalue weighted by Gasteiger charge is 2.33. The Morgan fingerprint density at radius 2 is 1.95 bits per heavy atom. The van der Waals surface area contributed by atoms with E-state index >= 15 is 0 Å². The van der Waals surface area contributed by atoms with Crippen LogP contribution in [0.25, 0.3) is 0 Å². The Morgan fingerprint density at radius 1 is 1.33 bits per heavy atom. The SMILES string of the molecule is CCC(C)(CCO)NC(=O)c1cc(C(F)(F)F)ccc1F. The molecule has 0 aliphatic carbocycles. The van der Waals surface area contributed by atoms with Gasteiger partial charge in [-0.25, -0.2) is 4.39 Å². The standard InChI is InChI=1S/C14H17F4NO2/c1-3-13(2,6-7-20)19-12(21)10-8-9(14(16,17)18)4-5-11(10)15/h4-5,8,20H,3,6-7H2,1-2H3,(H,19,21). The van der Waals surface area contributed by atoms with E-state index in [-0.39, 0.29) is 13.0 Å². The largest absolute Gasteiger partial charge is 0.416 e. The summed E-state index contributed by atoms with van der Waals surface area (Å²) in [5.41, 5.74) is -2.57. The molecule has 118 valence electrons. The van der Waals surface area contributed by atoms with Gasteiger partial charge in [0.2, 0.25) is 0 Å². The highest BCUT2D eigenvalue weighted by molar-refractivity contribution is 5.95. The number of rotatable bonds is 5. The van der Waals surface area contributed by atoms with Gasteiger partial charge in [0.05, 0.1) is 11.1 Å². The van der Waals surface area contributed by atoms with Crippen molar-refractivity contribution in [3.63, 3.8) is 0 Å². The van der Waals surface area contributed by atoms with E-state index in [0.29, 0.717) is 24.6 Å². The Morgan fingerprint density at radius 3 is 2.43 bits per heavy atom. The summed E-state index contributed by atoms with van der Waals surface area (Å²) in [6.45, 7) is 3.18. The Hall–Kier alpha value is -1.63. The molecule has 0 saturated heterocycles. The van der Waals surface area contributed by atoms with Gasteiger partial charge in [0.15, 0.2) is 0 Å². The van der Waals surface area contributed by atoms with Gasteiger partial charge in [-0.05, 0) is 38.0 Å². The lowest BCUT2D eigenvalue weighted by molar-refractivity contribution is -0.137. The topological polar surface area (TPSA) is 49.3 Å². The van der Waals surface area contributed by atoms with Crippen LogP contribution in [-0.4, -0.2) is 23.2 Å². The van der Waals surface area contributed by atoms with Crippen LogP contribution in [0.4, 0.5) is 17.6 Å². The number of aliphatic hydroxyl groups is 1. The molecule has 3 nitrogen and oxygen atoms in total. The van der Waals surface area contributed by atoms with E-state index in [4.69, 9.17) is 5.11 Å². The van der Waals surface area contributed by atoms with Gasteiger partial charge < -0.3 is 10.4 Å². The molecule has 0 aromatic heterocycles. The molecule has 1 aromatic carbocycles. The predicted molar refractivity (Wildman–Crippen MR) is 69.3 cm³/mol. The lowest BCUT2D eigenvalue weighted by Crippen LogP contribution is -2.46. The van der Waals surface area contributed by atoms with Crippen molar-refractivity contribution >= 4 is 5.91 Å². The van der Waals surface area contributed by atoms with Crippen molar-refractivity contribution in [1.29, 1.82) is 0 Å². The summed E-state index contributed by atoms with van der Waals surface area (Å²) < 4.78 is 51.4. The zero-order valence-electron chi connectivity index (χ0n) is 11.7. The fraction of sp³-hybridized carbons (Fsp3) is 0.500. The molecule has 0 radical (unpaired) electrons. The minimum absolute atomic E-state index is 0.199. The molecule has 1 amide bonds. The van der Waals surface area contributed by atoms with Crippen LogP contribution in [0.3, 0.4) is 0 Å². The molecule has 1 atom stereocenters. The lowest BCUT2D eigenvalue weighted by atomic mass is 9.94. The van der Waals surface area contributed by atoms with E-state index in [1.54, 1.807) is 13.8 Å². The number of benzene rings is 1. The van der Waals surface area contributed by atoms with Gasteiger partial charge in [0.1, 0.15) is 5.82 Å². The first-order valence-electron chi connectivity index (χ1n) is 6.43. The minimum atomic E-state index is -4.65. The molecule has 0 saturated carbocycles. The third-order valence-corrected chi connectivity index (χ3v) is 3.40. The molecule has 2 N–H and O–H groups in total. The van der Waals surface area contributed by atoms with Crippen LogP contribution in [-0.2, 0) is 6.18 Å². The number of halogens is 4. The highest BCUT2D eigenvalue weighted by atomic mass is 19.4. The molecule has 0 heterocycles. The Bertz CT molecular complexity index is 516. The van der Waals surface area contributed by atoms with Gasteiger partial charge in [-0.15, -0.1) is 0 Å². The molecule has 0 aliphatic heterocycles. The number of carbonyl (C=O) groups excluding carboxylic acids is 1. The molecular formula is C14H17F4NO2. The summed E-state index contributed by atoms with van der Waals surface area (Å²) in [7, 11) is 0. The van der Waals surface area contributed by atoms with E-state index in [2.05, 4.69) is 5.32 Å². The minimum Gasteiger partial charge on any atom is -0.396 e. The first-order valence-corrected chi connectivity index (χ1v) is 6.43. The van der Waals surface area contributed by atoms with E-state index in [0.717, 1.165) is 0 Å². The first kappa shape index (κ1) is 17.4. The molecule has 7 heteroatoms. The van der Waals surface area contributed by atoms with Crippen LogP contribution < -0.4 is 5.32 Å². The average Bonchev–Trinajstić information content (AvgIpc) is 2.37. The Labute approximate surface area is 120 Å². The third kappa shape index (κ3) is 4.42. The molecule has 21 heavy (non-hydrogen) atoms. The molecular weight excluding hydrogens is 290 g/mol. The molecule has 1 aromatic rings. The molecule has 0 fully saturated rings. The van der Waals surface area contributed by atoms with Crippen LogP contribution in [0.1, 0.15) is 42.6 Å². The van der Waals surface area contributed by atoms with Gasteiger partial charge in [0, 0.05) is 12.1 Å². The Balaban J connectivity index is 3.07. The normalized spacial score (nSPS) is 14.6. The van der Waals surface area contributed by atoms with Crippen molar-refractivity contribution in [2.24, 2.45) is 0 Å². The maximum atomic E-state index is 13.6. The second-order valence-electron chi connectivity index (χ2n) is 5.03. The molecule has 0 spiro atoms. The third-order valence-electron chi connectivity index (χ3n) is 3.40. The lowest BCUT2D eigenvalue weighted by Gasteiger charge is -2.29. The number of carbonyl (C=O) groups is 1. The van der Waals surface area contributed by atoms with E-state index in [1.165, 1.54) is 0 Å². The molecule has 1 rings (SSSR count). The van der Waals surface area contributed by atoms with Crippen LogP contribution in [0.5, 0.6) is 0 Å². The Kier molecular flexibility index (Phi) is 5.33. The van der Waals surface area contributed by atoms with Gasteiger partial charge in [-0.2, -0.15) is 13.2 Å². The quantitative estimate of drug-likeness (QED) is 0.821. The second kappa shape index (κ2) is 6.43. The zero-order valence-corrected chi connectivity index (χ0v) is 11.7. The number of alkyl halides is 3. The predicted octanol–water partition coefficient (Wildman–Crippen LogP) is 3.13. The maximum absolute atomic E-state index is 13.6. The summed E-state index contributed by atoms with van der Waals surface area (Å²) in [6.07, 6.45) is -3.99. The van der Waals surface area contributed by atoms with Crippen LogP contribution in [0.15, 0.2) is 18.2 Å². The summed E-state index contributed by atoms with van der Waals surface area (Å²) in [5, 5.41) is 11.4. The summed E-state index contributed by atoms with van der Waals surface area (Å²) in [5.74, 6) is -1.96. The van der Waals surface area contributed by atoms with Crippen molar-refractivity contribution in [1.82, 2.24) is 5.32 Å². The number of aliphatic hydroxyl groups excluding tert-OH is 1. The fourth-order valence-corrected chi connectivity index (χ4v) is 1.79. The van der Waals surface area contributed by atoms with Crippen LogP contribution in [0.2, 0.25) is 0 Å². The maximum Gasteiger partial charge on any atom is 0.416 e. The van der Waals surface area contributed by atoms with Crippen molar-refractivity contribution in [2.45, 2.75) is 38.4 Å². The number of amides is 1. The second-order valence-corrected chi connectivity index (χ2v) is 5.03. The van der Waals surface area contributed by atoms with E-state index in [9.17, 15) is 22.4 Å². The summed E-state index contributed by atoms with van der Waals surface area (Å²) in [4.78, 5) is 12.0. The van der Waals surface area contributed by atoms with Gasteiger partial charge in [-0.1, -0.05) is 6.92 Å². The molecule has 1 unspecified atom stereocenters. The monoisotopic (exact) mass is 307 g/mol. The van der Waals surface area contributed by atoms with Crippen molar-refractivity contribution in [2.75, 3.05) is 6.61 Å². The van der Waals surface area contributed by atoms with E-state index in [1.807, 2.05) is 0 Å². The van der Waals surface area contributed by atoms with Crippen molar-refractivity contribution in [3.8, 4) is 0 Å². The van der Waals surface area contributed by atoms with Crippen molar-refractivity contribution < 1.29 is 27.5 Å². The zero-order chi connectivity index (χ0) is 16.3. The van der Waals surface area contributed by atoms with Crippen molar-refractivity contribution in [3.05, 3.63) is 35.1 Å². The summed E-state index contributed by atoms with van der Waals surface area (Å²) in [6, 6.07) is 1.69. The number of hydrogen-bond acceptors (Lipinski definition) is 2. The van der Waals surface area contributed by atoms with Crippen LogP contribution in [0, 0.1) is 5.82 Å². The fourth-order valence-electron chi connectivity index (χ4n) is 1.79. The number of nitrogens with one attached hydrogen (secondary N) is 1. The first-order chi connectivity index (χ1) is 9.63. The number of hydrogen-bond donors (Lipinski definition) is 2.